The van der Waals surface area contributed by atoms with Gasteiger partial charge in [0.2, 0.25) is 0 Å². The van der Waals surface area contributed by atoms with Gasteiger partial charge in [0.1, 0.15) is 12.1 Å². The van der Waals surface area contributed by atoms with Gasteiger partial charge in [0.15, 0.2) is 11.6 Å². The highest BCUT2D eigenvalue weighted by molar-refractivity contribution is 5.50. The molecule has 3 aromatic rings. The third-order valence-electron chi connectivity index (χ3n) is 5.08. The van der Waals surface area contributed by atoms with Crippen molar-refractivity contribution in [3.8, 4) is 5.82 Å². The minimum Gasteiger partial charge on any atom is -0.353 e. The van der Waals surface area contributed by atoms with E-state index < -0.39 is 0 Å². The molecule has 3 aromatic heterocycles. The standard InChI is InChI=1S/C19H24N8/c1-13-11-14(2)27(24-13)18-6-5-17(22-23-18)25-7-9-26(10-8-25)19-15(3)16(4)20-12-21-19/h5-6,11-12H,7-10H2,1-4H3. The third kappa shape index (κ3) is 3.34. The Kier molecular flexibility index (Phi) is 4.47. The minimum atomic E-state index is 0.745. The topological polar surface area (TPSA) is 75.9 Å². The van der Waals surface area contributed by atoms with Gasteiger partial charge in [-0.15, -0.1) is 10.2 Å². The lowest BCUT2D eigenvalue weighted by molar-refractivity contribution is 0.634. The van der Waals surface area contributed by atoms with E-state index in [1.807, 2.05) is 43.7 Å². The molecule has 1 aliphatic rings. The fourth-order valence-corrected chi connectivity index (χ4v) is 3.45. The number of hydrogen-bond acceptors (Lipinski definition) is 7. The van der Waals surface area contributed by atoms with E-state index in [9.17, 15) is 0 Å². The summed E-state index contributed by atoms with van der Waals surface area (Å²) in [4.78, 5) is 13.3. The lowest BCUT2D eigenvalue weighted by Gasteiger charge is -2.36. The van der Waals surface area contributed by atoms with Crippen LogP contribution in [0, 0.1) is 27.7 Å². The summed E-state index contributed by atoms with van der Waals surface area (Å²) in [6, 6.07) is 6.03. The summed E-state index contributed by atoms with van der Waals surface area (Å²) in [7, 11) is 0. The lowest BCUT2D eigenvalue weighted by Crippen LogP contribution is -2.47. The smallest absolute Gasteiger partial charge is 0.176 e. The summed E-state index contributed by atoms with van der Waals surface area (Å²) in [6.45, 7) is 11.7. The largest absolute Gasteiger partial charge is 0.353 e. The monoisotopic (exact) mass is 364 g/mol. The van der Waals surface area contributed by atoms with Crippen LogP contribution < -0.4 is 9.80 Å². The average Bonchev–Trinajstić information content (AvgIpc) is 3.02. The molecule has 0 atom stereocenters. The lowest BCUT2D eigenvalue weighted by atomic mass is 10.2. The van der Waals surface area contributed by atoms with Crippen molar-refractivity contribution in [1.82, 2.24) is 29.9 Å². The fourth-order valence-electron chi connectivity index (χ4n) is 3.45. The predicted octanol–water partition coefficient (Wildman–Crippen LogP) is 2.01. The first-order valence-corrected chi connectivity index (χ1v) is 9.18. The van der Waals surface area contributed by atoms with Gasteiger partial charge in [-0.3, -0.25) is 0 Å². The van der Waals surface area contributed by atoms with Crippen LogP contribution in [0.5, 0.6) is 0 Å². The molecule has 0 amide bonds. The molecule has 8 nitrogen and oxygen atoms in total. The van der Waals surface area contributed by atoms with E-state index in [4.69, 9.17) is 0 Å². The molecule has 0 spiro atoms. The first-order valence-electron chi connectivity index (χ1n) is 9.18. The number of anilines is 2. The van der Waals surface area contributed by atoms with Crippen LogP contribution in [0.15, 0.2) is 24.5 Å². The highest BCUT2D eigenvalue weighted by Crippen LogP contribution is 2.21. The maximum Gasteiger partial charge on any atom is 0.176 e. The molecule has 1 saturated heterocycles. The zero-order valence-electron chi connectivity index (χ0n) is 16.2. The maximum atomic E-state index is 4.47. The summed E-state index contributed by atoms with van der Waals surface area (Å²) in [5, 5.41) is 13.3. The van der Waals surface area contributed by atoms with Gasteiger partial charge in [-0.2, -0.15) is 5.10 Å². The highest BCUT2D eigenvalue weighted by atomic mass is 15.4. The average molecular weight is 364 g/mol. The number of nitrogens with zero attached hydrogens (tertiary/aromatic N) is 8. The molecule has 0 aliphatic carbocycles. The van der Waals surface area contributed by atoms with E-state index in [1.165, 1.54) is 0 Å². The summed E-state index contributed by atoms with van der Waals surface area (Å²) < 4.78 is 1.82. The van der Waals surface area contributed by atoms with Crippen molar-refractivity contribution in [3.63, 3.8) is 0 Å². The molecule has 8 heteroatoms. The van der Waals surface area contributed by atoms with Crippen LogP contribution >= 0.6 is 0 Å². The number of piperazine rings is 1. The molecule has 0 N–H and O–H groups in total. The Labute approximate surface area is 158 Å². The highest BCUT2D eigenvalue weighted by Gasteiger charge is 2.21. The first kappa shape index (κ1) is 17.4. The van der Waals surface area contributed by atoms with Gasteiger partial charge in [0.05, 0.1) is 5.69 Å². The zero-order valence-corrected chi connectivity index (χ0v) is 16.2. The Balaban J connectivity index is 1.45. The Morgan fingerprint density at radius 2 is 1.48 bits per heavy atom. The Hall–Kier alpha value is -3.03. The van der Waals surface area contributed by atoms with Gasteiger partial charge in [0.25, 0.3) is 0 Å². The molecule has 0 unspecified atom stereocenters. The number of rotatable bonds is 3. The molecule has 0 radical (unpaired) electrons. The Bertz CT molecular complexity index is 939. The molecule has 4 rings (SSSR count). The van der Waals surface area contributed by atoms with E-state index in [2.05, 4.69) is 42.0 Å². The number of aryl methyl sites for hydroxylation is 3. The van der Waals surface area contributed by atoms with Crippen LogP contribution in [0.1, 0.15) is 22.6 Å². The molecule has 0 aromatic carbocycles. The summed E-state index contributed by atoms with van der Waals surface area (Å²) in [5.74, 6) is 2.68. The fraction of sp³-hybridized carbons (Fsp3) is 0.421. The third-order valence-corrected chi connectivity index (χ3v) is 5.08. The molecule has 1 fully saturated rings. The van der Waals surface area contributed by atoms with Crippen LogP contribution in [-0.2, 0) is 0 Å². The van der Waals surface area contributed by atoms with E-state index in [-0.39, 0.29) is 0 Å². The molecule has 27 heavy (non-hydrogen) atoms. The molecule has 4 heterocycles. The quantitative estimate of drug-likeness (QED) is 0.704. The van der Waals surface area contributed by atoms with Crippen LogP contribution in [0.25, 0.3) is 5.82 Å². The molecule has 0 bridgehead atoms. The van der Waals surface area contributed by atoms with Gasteiger partial charge < -0.3 is 9.80 Å². The van der Waals surface area contributed by atoms with Gasteiger partial charge in [-0.1, -0.05) is 0 Å². The van der Waals surface area contributed by atoms with Crippen molar-refractivity contribution in [2.24, 2.45) is 0 Å². The van der Waals surface area contributed by atoms with Gasteiger partial charge in [-0.05, 0) is 45.9 Å². The van der Waals surface area contributed by atoms with Crippen molar-refractivity contribution < 1.29 is 0 Å². The van der Waals surface area contributed by atoms with Gasteiger partial charge in [0, 0.05) is 43.1 Å². The van der Waals surface area contributed by atoms with E-state index in [0.29, 0.717) is 0 Å². The number of hydrogen-bond donors (Lipinski definition) is 0. The molecular weight excluding hydrogens is 340 g/mol. The van der Waals surface area contributed by atoms with Crippen molar-refractivity contribution in [2.75, 3.05) is 36.0 Å². The SMILES string of the molecule is Cc1cc(C)n(-c2ccc(N3CCN(c4ncnc(C)c4C)CC3)nn2)n1. The predicted molar refractivity (Wildman–Crippen MR) is 105 cm³/mol. The van der Waals surface area contributed by atoms with Crippen molar-refractivity contribution in [3.05, 3.63) is 47.2 Å². The summed E-state index contributed by atoms with van der Waals surface area (Å²) in [5.41, 5.74) is 4.22. The van der Waals surface area contributed by atoms with E-state index in [1.54, 1.807) is 6.33 Å². The second kappa shape index (κ2) is 6.94. The van der Waals surface area contributed by atoms with E-state index in [0.717, 1.165) is 66.3 Å². The normalized spacial score (nSPS) is 14.7. The van der Waals surface area contributed by atoms with Crippen molar-refractivity contribution in [2.45, 2.75) is 27.7 Å². The van der Waals surface area contributed by atoms with Crippen molar-refractivity contribution >= 4 is 11.6 Å². The molecule has 1 aliphatic heterocycles. The Morgan fingerprint density at radius 1 is 0.815 bits per heavy atom. The van der Waals surface area contributed by atoms with Crippen LogP contribution in [0.2, 0.25) is 0 Å². The second-order valence-electron chi connectivity index (χ2n) is 6.97. The van der Waals surface area contributed by atoms with Crippen molar-refractivity contribution in [1.29, 1.82) is 0 Å². The zero-order chi connectivity index (χ0) is 19.0. The number of aromatic nitrogens is 6. The van der Waals surface area contributed by atoms with Crippen LogP contribution in [0.4, 0.5) is 11.6 Å². The molecule has 140 valence electrons. The maximum absolute atomic E-state index is 4.47. The summed E-state index contributed by atoms with van der Waals surface area (Å²) >= 11 is 0. The van der Waals surface area contributed by atoms with Gasteiger partial charge in [-0.25, -0.2) is 14.6 Å². The molecular formula is C19H24N8. The minimum absolute atomic E-state index is 0.745. The van der Waals surface area contributed by atoms with Crippen LogP contribution in [0.3, 0.4) is 0 Å². The van der Waals surface area contributed by atoms with E-state index >= 15 is 0 Å². The van der Waals surface area contributed by atoms with Crippen LogP contribution in [-0.4, -0.2) is 56.1 Å². The summed E-state index contributed by atoms with van der Waals surface area (Å²) in [6.07, 6.45) is 1.65. The Morgan fingerprint density at radius 3 is 2.11 bits per heavy atom. The molecule has 0 saturated carbocycles. The first-order chi connectivity index (χ1) is 13.0. The van der Waals surface area contributed by atoms with Gasteiger partial charge >= 0.3 is 0 Å². The second-order valence-corrected chi connectivity index (χ2v) is 6.97.